The Hall–Kier alpha value is -4.21. The Labute approximate surface area is 283 Å². The number of hydrogen-bond donors (Lipinski definition) is 1. The van der Waals surface area contributed by atoms with Crippen molar-refractivity contribution in [3.05, 3.63) is 77.5 Å². The summed E-state index contributed by atoms with van der Waals surface area (Å²) in [4.78, 5) is 20.0. The van der Waals surface area contributed by atoms with Crippen molar-refractivity contribution in [2.45, 2.75) is 97.6 Å². The van der Waals surface area contributed by atoms with Crippen LogP contribution < -0.4 is 9.64 Å². The van der Waals surface area contributed by atoms with Gasteiger partial charge >= 0.3 is 5.97 Å². The molecule has 0 spiro atoms. The number of hydrogen-bond acceptors (Lipinski definition) is 7. The minimum atomic E-state index is -1.22. The minimum Gasteiger partial charge on any atom is -0.490 e. The number of benzene rings is 2. The molecule has 6 bridgehead atoms. The van der Waals surface area contributed by atoms with Crippen LogP contribution in [0.4, 0.5) is 5.82 Å². The van der Waals surface area contributed by atoms with Gasteiger partial charge in [0.15, 0.2) is 11.8 Å². The third-order valence-electron chi connectivity index (χ3n) is 9.25. The van der Waals surface area contributed by atoms with E-state index >= 15 is 0 Å². The molecule has 3 aliphatic rings. The molecule has 2 aromatic heterocycles. The smallest absolute Gasteiger partial charge is 0.337 e. The van der Waals surface area contributed by atoms with Gasteiger partial charge in [0, 0.05) is 36.0 Å². The van der Waals surface area contributed by atoms with Crippen molar-refractivity contribution in [3.8, 4) is 28.1 Å². The number of carboxylic acids is 1. The number of carboxylic acid groups (broad SMARTS) is 1. The first-order valence-electron chi connectivity index (χ1n) is 17.0. The van der Waals surface area contributed by atoms with E-state index in [4.69, 9.17) is 24.3 Å². The summed E-state index contributed by atoms with van der Waals surface area (Å²) in [6.07, 6.45) is 6.45. The van der Waals surface area contributed by atoms with Crippen LogP contribution in [0.2, 0.25) is 0 Å². The standard InChI is InChI=1S/C39H48N4O5/c1-25-15-16-32-30(22-25)28-13-11-14-29(23-28)31-24-33-40-27(3)34(35(37(44)45)48-38(4,5)6)36(43(33)41-31)42-19-17-39(7,18-20-42)46-21-10-8-9-12-26(2)47-32/h8,10-11,13-16,22-24,26,35H,9,12,17-21H2,1-7H3,(H,44,45)/t26-,35-/m0/s1. The van der Waals surface area contributed by atoms with Crippen molar-refractivity contribution >= 4 is 17.4 Å². The van der Waals surface area contributed by atoms with Gasteiger partial charge in [0.05, 0.1) is 35.2 Å². The van der Waals surface area contributed by atoms with Crippen LogP contribution in [0.1, 0.15) is 83.2 Å². The largest absolute Gasteiger partial charge is 0.490 e. The molecule has 4 aromatic rings. The Morgan fingerprint density at radius 1 is 1.06 bits per heavy atom. The number of aliphatic carboxylic acids is 1. The Morgan fingerprint density at radius 3 is 2.54 bits per heavy atom. The van der Waals surface area contributed by atoms with Crippen LogP contribution in [0.15, 0.2) is 60.7 Å². The van der Waals surface area contributed by atoms with Gasteiger partial charge in [-0.2, -0.15) is 9.61 Å². The molecular formula is C39H48N4O5. The summed E-state index contributed by atoms with van der Waals surface area (Å²) in [7, 11) is 0. The third kappa shape index (κ3) is 7.27. The van der Waals surface area contributed by atoms with E-state index in [0.717, 1.165) is 59.4 Å². The molecule has 48 heavy (non-hydrogen) atoms. The molecule has 5 heterocycles. The van der Waals surface area contributed by atoms with Crippen LogP contribution >= 0.6 is 0 Å². The van der Waals surface area contributed by atoms with Gasteiger partial charge in [-0.05, 0) is 97.9 Å². The molecule has 1 saturated heterocycles. The molecule has 3 aliphatic heterocycles. The van der Waals surface area contributed by atoms with Crippen LogP contribution in [0.3, 0.4) is 0 Å². The molecule has 0 aliphatic carbocycles. The number of nitrogens with zero attached hydrogens (tertiary/aromatic N) is 4. The second kappa shape index (κ2) is 13.4. The SMILES string of the molecule is Cc1ccc2c(c1)-c1cccc(c1)-c1cc3nc(C)c([C@H](OC(C)(C)C)C(=O)O)c(n3n1)N1CCC(C)(CC1)OCC=CCC[C@H](C)O2. The number of piperidine rings is 1. The third-order valence-corrected chi connectivity index (χ3v) is 9.25. The molecule has 0 amide bonds. The number of carbonyl (C=O) groups is 1. The lowest BCUT2D eigenvalue weighted by Gasteiger charge is -2.41. The zero-order chi connectivity index (χ0) is 34.2. The van der Waals surface area contributed by atoms with Gasteiger partial charge in [-0.1, -0.05) is 42.0 Å². The van der Waals surface area contributed by atoms with Crippen molar-refractivity contribution in [3.63, 3.8) is 0 Å². The van der Waals surface area contributed by atoms with E-state index in [9.17, 15) is 9.90 Å². The molecule has 0 unspecified atom stereocenters. The number of anilines is 1. The maximum Gasteiger partial charge on any atom is 0.337 e. The summed E-state index contributed by atoms with van der Waals surface area (Å²) in [5, 5.41) is 15.6. The van der Waals surface area contributed by atoms with Gasteiger partial charge in [-0.25, -0.2) is 9.78 Å². The predicted molar refractivity (Wildman–Crippen MR) is 189 cm³/mol. The fourth-order valence-corrected chi connectivity index (χ4v) is 6.65. The molecule has 0 saturated carbocycles. The lowest BCUT2D eigenvalue weighted by molar-refractivity contribution is -0.160. The normalized spacial score (nSPS) is 21.1. The number of rotatable bonds is 3. The number of aryl methyl sites for hydroxylation is 2. The quantitative estimate of drug-likeness (QED) is 0.222. The summed E-state index contributed by atoms with van der Waals surface area (Å²) in [6, 6.07) is 16.6. The monoisotopic (exact) mass is 652 g/mol. The lowest BCUT2D eigenvalue weighted by atomic mass is 9.92. The van der Waals surface area contributed by atoms with E-state index in [1.165, 1.54) is 0 Å². The summed E-state index contributed by atoms with van der Waals surface area (Å²) < 4.78 is 21.0. The summed E-state index contributed by atoms with van der Waals surface area (Å²) in [5.41, 5.74) is 5.66. The van der Waals surface area contributed by atoms with Crippen molar-refractivity contribution in [2.75, 3.05) is 24.6 Å². The lowest BCUT2D eigenvalue weighted by Crippen LogP contribution is -2.45. The number of allylic oxidation sites excluding steroid dienone is 1. The van der Waals surface area contributed by atoms with Crippen molar-refractivity contribution < 1.29 is 24.1 Å². The zero-order valence-electron chi connectivity index (χ0n) is 29.2. The first kappa shape index (κ1) is 33.7. The second-order valence-corrected chi connectivity index (χ2v) is 14.5. The average molecular weight is 653 g/mol. The molecule has 9 nitrogen and oxygen atoms in total. The van der Waals surface area contributed by atoms with E-state index in [-0.39, 0.29) is 11.7 Å². The second-order valence-electron chi connectivity index (χ2n) is 14.5. The molecule has 2 aromatic carbocycles. The fourth-order valence-electron chi connectivity index (χ4n) is 6.65. The Balaban J connectivity index is 1.53. The van der Waals surface area contributed by atoms with Gasteiger partial charge in [-0.15, -0.1) is 0 Å². The highest BCUT2D eigenvalue weighted by Gasteiger charge is 2.37. The average Bonchev–Trinajstić information content (AvgIpc) is 3.45. The highest BCUT2D eigenvalue weighted by molar-refractivity contribution is 5.80. The van der Waals surface area contributed by atoms with Gasteiger partial charge in [0.2, 0.25) is 0 Å². The molecule has 1 N–H and O–H groups in total. The molecule has 1 fully saturated rings. The first-order chi connectivity index (χ1) is 22.8. The topological polar surface area (TPSA) is 98.4 Å². The number of fused-ring (bicyclic) bond motifs is 8. The Morgan fingerprint density at radius 2 is 1.81 bits per heavy atom. The van der Waals surface area contributed by atoms with Gasteiger partial charge in [-0.3, -0.25) is 0 Å². The van der Waals surface area contributed by atoms with Gasteiger partial charge < -0.3 is 24.2 Å². The molecule has 7 rings (SSSR count). The van der Waals surface area contributed by atoms with Crippen LogP contribution in [0, 0.1) is 13.8 Å². The first-order valence-corrected chi connectivity index (χ1v) is 17.0. The maximum absolute atomic E-state index is 12.8. The summed E-state index contributed by atoms with van der Waals surface area (Å²) in [6.45, 7) is 15.7. The Bertz CT molecular complexity index is 1830. The van der Waals surface area contributed by atoms with Crippen molar-refractivity contribution in [1.82, 2.24) is 14.6 Å². The number of aromatic nitrogens is 3. The van der Waals surface area contributed by atoms with Gasteiger partial charge in [0.25, 0.3) is 0 Å². The molecule has 9 heteroatoms. The molecule has 0 radical (unpaired) electrons. The summed E-state index contributed by atoms with van der Waals surface area (Å²) in [5.74, 6) is 0.488. The molecule has 2 atom stereocenters. The van der Waals surface area contributed by atoms with Crippen LogP contribution in [-0.4, -0.2) is 62.7 Å². The van der Waals surface area contributed by atoms with E-state index < -0.39 is 17.7 Å². The highest BCUT2D eigenvalue weighted by Crippen LogP contribution is 2.39. The Kier molecular flexibility index (Phi) is 9.37. The molecular weight excluding hydrogens is 604 g/mol. The van der Waals surface area contributed by atoms with E-state index in [1.54, 1.807) is 0 Å². The number of ether oxygens (including phenoxy) is 3. The van der Waals surface area contributed by atoms with E-state index in [2.05, 4.69) is 68.2 Å². The van der Waals surface area contributed by atoms with Crippen LogP contribution in [-0.2, 0) is 14.3 Å². The van der Waals surface area contributed by atoms with Gasteiger partial charge in [0.1, 0.15) is 11.6 Å². The van der Waals surface area contributed by atoms with E-state index in [1.807, 2.05) is 50.4 Å². The van der Waals surface area contributed by atoms with Crippen molar-refractivity contribution in [2.24, 2.45) is 0 Å². The van der Waals surface area contributed by atoms with Crippen LogP contribution in [0.25, 0.3) is 28.0 Å². The van der Waals surface area contributed by atoms with Crippen LogP contribution in [0.5, 0.6) is 5.75 Å². The zero-order valence-corrected chi connectivity index (χ0v) is 29.2. The fraction of sp³-hybridized carbons (Fsp3) is 0.462. The molecule has 254 valence electrons. The summed E-state index contributed by atoms with van der Waals surface area (Å²) >= 11 is 0. The van der Waals surface area contributed by atoms with Crippen molar-refractivity contribution in [1.29, 1.82) is 0 Å². The van der Waals surface area contributed by atoms with E-state index in [0.29, 0.717) is 42.4 Å². The highest BCUT2D eigenvalue weighted by atomic mass is 16.5. The maximum atomic E-state index is 12.8. The minimum absolute atomic E-state index is 0.0356. The predicted octanol–water partition coefficient (Wildman–Crippen LogP) is 8.11.